The molecule has 0 radical (unpaired) electrons. The molecule has 0 aliphatic heterocycles. The Labute approximate surface area is 141 Å². The number of nitrogens with one attached hydrogen (secondary N) is 1. The predicted octanol–water partition coefficient (Wildman–Crippen LogP) is 1.22. The molecule has 126 valence electrons. The Balaban J connectivity index is 1.64. The van der Waals surface area contributed by atoms with Crippen molar-refractivity contribution in [3.05, 3.63) is 59.9 Å². The standard InChI is InChI=1S/C16H13FN6O2/c17-12-3-1-2-11(8-12)16-20-22-23(21-16)9-14(24)19-13-6-4-10(5-7-13)15(18)25/h1-8H,9H2,(H2,18,25)(H,19,24). The lowest BCUT2D eigenvalue weighted by Crippen LogP contribution is -2.20. The molecule has 8 nitrogen and oxygen atoms in total. The van der Waals surface area contributed by atoms with Gasteiger partial charge in [-0.2, -0.15) is 4.80 Å². The van der Waals surface area contributed by atoms with Crippen molar-refractivity contribution in [1.29, 1.82) is 0 Å². The first-order valence-electron chi connectivity index (χ1n) is 7.25. The van der Waals surface area contributed by atoms with Crippen LogP contribution in [0, 0.1) is 5.82 Å². The zero-order chi connectivity index (χ0) is 17.8. The highest BCUT2D eigenvalue weighted by molar-refractivity contribution is 5.94. The summed E-state index contributed by atoms with van der Waals surface area (Å²) in [6, 6.07) is 11.9. The van der Waals surface area contributed by atoms with Gasteiger partial charge in [0.05, 0.1) is 0 Å². The summed E-state index contributed by atoms with van der Waals surface area (Å²) in [4.78, 5) is 24.1. The molecule has 9 heteroatoms. The number of benzene rings is 2. The van der Waals surface area contributed by atoms with E-state index in [1.807, 2.05) is 0 Å². The van der Waals surface area contributed by atoms with Gasteiger partial charge in [-0.15, -0.1) is 10.2 Å². The lowest BCUT2D eigenvalue weighted by atomic mass is 10.2. The third-order valence-corrected chi connectivity index (χ3v) is 3.27. The molecule has 25 heavy (non-hydrogen) atoms. The van der Waals surface area contributed by atoms with E-state index in [-0.39, 0.29) is 18.3 Å². The van der Waals surface area contributed by atoms with Crippen molar-refractivity contribution in [2.45, 2.75) is 6.54 Å². The van der Waals surface area contributed by atoms with Gasteiger partial charge in [0.1, 0.15) is 12.4 Å². The number of carbonyl (C=O) groups is 2. The second kappa shape index (κ2) is 6.87. The van der Waals surface area contributed by atoms with Crippen LogP contribution in [0.3, 0.4) is 0 Å². The summed E-state index contributed by atoms with van der Waals surface area (Å²) in [7, 11) is 0. The average Bonchev–Trinajstić information content (AvgIpc) is 3.03. The van der Waals surface area contributed by atoms with Crippen LogP contribution in [0.4, 0.5) is 10.1 Å². The second-order valence-electron chi connectivity index (χ2n) is 5.14. The molecular weight excluding hydrogens is 327 g/mol. The fourth-order valence-electron chi connectivity index (χ4n) is 2.10. The number of tetrazole rings is 1. The molecule has 0 spiro atoms. The minimum absolute atomic E-state index is 0.167. The van der Waals surface area contributed by atoms with Crippen molar-refractivity contribution in [3.8, 4) is 11.4 Å². The molecular formula is C16H13FN6O2. The first kappa shape index (κ1) is 16.2. The molecule has 2 amide bonds. The number of hydrogen-bond donors (Lipinski definition) is 2. The van der Waals surface area contributed by atoms with Crippen molar-refractivity contribution in [2.75, 3.05) is 5.32 Å². The lowest BCUT2D eigenvalue weighted by molar-refractivity contribution is -0.117. The van der Waals surface area contributed by atoms with E-state index < -0.39 is 11.7 Å². The largest absolute Gasteiger partial charge is 0.366 e. The minimum Gasteiger partial charge on any atom is -0.366 e. The summed E-state index contributed by atoms with van der Waals surface area (Å²) in [5.74, 6) is -1.12. The summed E-state index contributed by atoms with van der Waals surface area (Å²) in [5, 5.41) is 14.3. The number of primary amides is 1. The van der Waals surface area contributed by atoms with Crippen molar-refractivity contribution >= 4 is 17.5 Å². The van der Waals surface area contributed by atoms with Crippen molar-refractivity contribution in [1.82, 2.24) is 20.2 Å². The number of rotatable bonds is 5. The van der Waals surface area contributed by atoms with Crippen LogP contribution in [0.25, 0.3) is 11.4 Å². The topological polar surface area (TPSA) is 116 Å². The first-order chi connectivity index (χ1) is 12.0. The van der Waals surface area contributed by atoms with Gasteiger partial charge in [0.2, 0.25) is 17.6 Å². The van der Waals surface area contributed by atoms with Gasteiger partial charge in [0.15, 0.2) is 0 Å². The Bertz CT molecular complexity index is 922. The Morgan fingerprint density at radius 2 is 1.92 bits per heavy atom. The van der Waals surface area contributed by atoms with E-state index in [1.54, 1.807) is 18.2 Å². The Kier molecular flexibility index (Phi) is 4.46. The van der Waals surface area contributed by atoms with Gasteiger partial charge in [-0.1, -0.05) is 12.1 Å². The maximum atomic E-state index is 13.2. The Hall–Kier alpha value is -3.62. The summed E-state index contributed by atoms with van der Waals surface area (Å²) < 4.78 is 13.2. The summed E-state index contributed by atoms with van der Waals surface area (Å²) >= 11 is 0. The molecule has 0 saturated carbocycles. The van der Waals surface area contributed by atoms with E-state index >= 15 is 0 Å². The third-order valence-electron chi connectivity index (χ3n) is 3.27. The number of aromatic nitrogens is 4. The molecule has 0 atom stereocenters. The quantitative estimate of drug-likeness (QED) is 0.724. The van der Waals surface area contributed by atoms with Crippen molar-refractivity contribution in [3.63, 3.8) is 0 Å². The van der Waals surface area contributed by atoms with Gasteiger partial charge in [0, 0.05) is 16.8 Å². The van der Waals surface area contributed by atoms with Crippen LogP contribution in [0.5, 0.6) is 0 Å². The van der Waals surface area contributed by atoms with E-state index in [9.17, 15) is 14.0 Å². The van der Waals surface area contributed by atoms with E-state index in [1.165, 1.54) is 30.3 Å². The molecule has 2 aromatic carbocycles. The van der Waals surface area contributed by atoms with Gasteiger partial charge < -0.3 is 11.1 Å². The van der Waals surface area contributed by atoms with Gasteiger partial charge in [-0.3, -0.25) is 9.59 Å². The highest BCUT2D eigenvalue weighted by Crippen LogP contribution is 2.14. The molecule has 1 aromatic heterocycles. The van der Waals surface area contributed by atoms with Gasteiger partial charge in [0.25, 0.3) is 0 Å². The normalized spacial score (nSPS) is 10.4. The molecule has 0 aliphatic rings. The van der Waals surface area contributed by atoms with Crippen LogP contribution < -0.4 is 11.1 Å². The molecule has 0 fully saturated rings. The Morgan fingerprint density at radius 3 is 2.60 bits per heavy atom. The summed E-state index contributed by atoms with van der Waals surface area (Å²) in [6.45, 7) is -0.167. The van der Waals surface area contributed by atoms with Crippen LogP contribution in [0.1, 0.15) is 10.4 Å². The number of nitrogens with zero attached hydrogens (tertiary/aromatic N) is 4. The molecule has 3 aromatic rings. The fourth-order valence-corrected chi connectivity index (χ4v) is 2.10. The van der Waals surface area contributed by atoms with Crippen molar-refractivity contribution in [2.24, 2.45) is 5.73 Å². The maximum absolute atomic E-state index is 13.2. The fraction of sp³-hybridized carbons (Fsp3) is 0.0625. The Morgan fingerprint density at radius 1 is 1.16 bits per heavy atom. The first-order valence-corrected chi connectivity index (χ1v) is 7.25. The molecule has 0 aliphatic carbocycles. The van der Waals surface area contributed by atoms with Crippen LogP contribution in [-0.2, 0) is 11.3 Å². The second-order valence-corrected chi connectivity index (χ2v) is 5.14. The van der Waals surface area contributed by atoms with Gasteiger partial charge in [-0.25, -0.2) is 4.39 Å². The maximum Gasteiger partial charge on any atom is 0.248 e. The van der Waals surface area contributed by atoms with Crippen LogP contribution in [0.2, 0.25) is 0 Å². The van der Waals surface area contributed by atoms with Crippen molar-refractivity contribution < 1.29 is 14.0 Å². The molecule has 0 saturated heterocycles. The van der Waals surface area contributed by atoms with Crippen LogP contribution >= 0.6 is 0 Å². The van der Waals surface area contributed by atoms with E-state index in [0.717, 1.165) is 4.80 Å². The van der Waals surface area contributed by atoms with Crippen LogP contribution in [-0.4, -0.2) is 32.0 Å². The summed E-state index contributed by atoms with van der Waals surface area (Å²) in [5.41, 5.74) is 6.46. The van der Waals surface area contributed by atoms with Gasteiger partial charge in [-0.05, 0) is 41.6 Å². The number of halogens is 1. The summed E-state index contributed by atoms with van der Waals surface area (Å²) in [6.07, 6.45) is 0. The number of amides is 2. The average molecular weight is 340 g/mol. The molecule has 3 rings (SSSR count). The predicted molar refractivity (Wildman–Crippen MR) is 86.8 cm³/mol. The zero-order valence-corrected chi connectivity index (χ0v) is 12.9. The lowest BCUT2D eigenvalue weighted by Gasteiger charge is -2.04. The van der Waals surface area contributed by atoms with E-state index in [2.05, 4.69) is 20.7 Å². The number of anilines is 1. The van der Waals surface area contributed by atoms with E-state index in [0.29, 0.717) is 16.8 Å². The highest BCUT2D eigenvalue weighted by Gasteiger charge is 2.10. The minimum atomic E-state index is -0.547. The van der Waals surface area contributed by atoms with E-state index in [4.69, 9.17) is 5.73 Å². The highest BCUT2D eigenvalue weighted by atomic mass is 19.1. The molecule has 0 unspecified atom stereocenters. The van der Waals surface area contributed by atoms with Gasteiger partial charge >= 0.3 is 0 Å². The van der Waals surface area contributed by atoms with Crippen LogP contribution in [0.15, 0.2) is 48.5 Å². The zero-order valence-electron chi connectivity index (χ0n) is 12.9. The third kappa shape index (κ3) is 4.02. The monoisotopic (exact) mass is 340 g/mol. The molecule has 3 N–H and O–H groups in total. The number of carbonyl (C=O) groups excluding carboxylic acids is 2. The molecule has 1 heterocycles. The smallest absolute Gasteiger partial charge is 0.248 e. The SMILES string of the molecule is NC(=O)c1ccc(NC(=O)Cn2nnc(-c3cccc(F)c3)n2)cc1. The number of hydrogen-bond acceptors (Lipinski definition) is 5. The molecule has 0 bridgehead atoms. The number of nitrogens with two attached hydrogens (primary N) is 1.